The van der Waals surface area contributed by atoms with Gasteiger partial charge in [-0.3, -0.25) is 4.79 Å². The van der Waals surface area contributed by atoms with Crippen LogP contribution in [0.2, 0.25) is 0 Å². The molecule has 0 aliphatic carbocycles. The lowest BCUT2D eigenvalue weighted by Crippen LogP contribution is -2.13. The van der Waals surface area contributed by atoms with Gasteiger partial charge in [-0.2, -0.15) is 0 Å². The largest absolute Gasteiger partial charge is 0.496 e. The Kier molecular flexibility index (Phi) is 4.08. The van der Waals surface area contributed by atoms with Crippen LogP contribution >= 0.6 is 0 Å². The fraction of sp³-hybridized carbons (Fsp3) is 0.333. The molecule has 0 aliphatic heterocycles. The summed E-state index contributed by atoms with van der Waals surface area (Å²) in [7, 11) is 3.18. The zero-order valence-corrected chi connectivity index (χ0v) is 11.7. The minimum atomic E-state index is -0.829. The van der Waals surface area contributed by atoms with E-state index in [4.69, 9.17) is 14.6 Å². The molecule has 0 saturated carbocycles. The Morgan fingerprint density at radius 1 is 1.20 bits per heavy atom. The molecule has 1 heterocycles. The summed E-state index contributed by atoms with van der Waals surface area (Å²) in [4.78, 5) is 15.4. The number of nitrogens with zero attached hydrogens (tertiary/aromatic N) is 1. The van der Waals surface area contributed by atoms with Crippen LogP contribution in [-0.2, 0) is 11.2 Å². The van der Waals surface area contributed by atoms with Crippen LogP contribution in [0.4, 0.5) is 0 Å². The fourth-order valence-electron chi connectivity index (χ4n) is 2.06. The lowest BCUT2D eigenvalue weighted by Gasteiger charge is -2.11. The molecule has 2 rings (SSSR count). The molecular formula is C15H17NO4. The molecule has 1 aromatic heterocycles. The fourth-order valence-corrected chi connectivity index (χ4v) is 2.06. The number of rotatable bonds is 5. The lowest BCUT2D eigenvalue weighted by molar-refractivity contribution is -0.141. The number of hydrogen-bond donors (Lipinski definition) is 1. The van der Waals surface area contributed by atoms with Crippen LogP contribution in [0.25, 0.3) is 10.9 Å². The molecule has 0 saturated heterocycles. The third-order valence-electron chi connectivity index (χ3n) is 3.21. The van der Waals surface area contributed by atoms with Crippen molar-refractivity contribution < 1.29 is 19.4 Å². The van der Waals surface area contributed by atoms with E-state index in [0.717, 1.165) is 11.1 Å². The third kappa shape index (κ3) is 2.66. The van der Waals surface area contributed by atoms with Crippen molar-refractivity contribution >= 4 is 16.9 Å². The molecule has 0 spiro atoms. The Bertz CT molecular complexity index is 639. The number of benzene rings is 1. The van der Waals surface area contributed by atoms with Gasteiger partial charge in [-0.1, -0.05) is 6.92 Å². The molecule has 1 aromatic carbocycles. The number of aliphatic carboxylic acids is 1. The maximum atomic E-state index is 10.9. The molecule has 1 unspecified atom stereocenters. The normalized spacial score (nSPS) is 12.2. The highest BCUT2D eigenvalue weighted by atomic mass is 16.5. The highest BCUT2D eigenvalue weighted by Gasteiger charge is 2.14. The summed E-state index contributed by atoms with van der Waals surface area (Å²) in [5.74, 6) is 0.0535. The number of hydrogen-bond acceptors (Lipinski definition) is 4. The standard InChI is InChI=1S/C15H17NO4/c1-9(15(17)18)8-10-4-5-11-12(19-2)6-7-13(20-3)14(11)16-10/h4-7,9H,8H2,1-3H3,(H,17,18). The van der Waals surface area contributed by atoms with Crippen molar-refractivity contribution in [3.63, 3.8) is 0 Å². The maximum Gasteiger partial charge on any atom is 0.306 e. The number of methoxy groups -OCH3 is 2. The zero-order chi connectivity index (χ0) is 14.7. The first kappa shape index (κ1) is 14.1. The van der Waals surface area contributed by atoms with Gasteiger partial charge in [0, 0.05) is 17.5 Å². The van der Waals surface area contributed by atoms with Crippen LogP contribution in [-0.4, -0.2) is 30.3 Å². The number of carboxylic acids is 1. The zero-order valence-electron chi connectivity index (χ0n) is 11.7. The van der Waals surface area contributed by atoms with Crippen molar-refractivity contribution in [1.82, 2.24) is 4.98 Å². The molecule has 0 aliphatic rings. The van der Waals surface area contributed by atoms with Gasteiger partial charge in [-0.15, -0.1) is 0 Å². The quantitative estimate of drug-likeness (QED) is 0.908. The SMILES string of the molecule is COc1ccc(OC)c2nc(CC(C)C(=O)O)ccc12. The Labute approximate surface area is 117 Å². The summed E-state index contributed by atoms with van der Waals surface area (Å²) in [6, 6.07) is 7.32. The smallest absolute Gasteiger partial charge is 0.306 e. The van der Waals surface area contributed by atoms with E-state index >= 15 is 0 Å². The highest BCUT2D eigenvalue weighted by molar-refractivity contribution is 5.90. The second kappa shape index (κ2) is 5.77. The summed E-state index contributed by atoms with van der Waals surface area (Å²) < 4.78 is 10.6. The number of pyridine rings is 1. The maximum absolute atomic E-state index is 10.9. The first-order valence-electron chi connectivity index (χ1n) is 6.30. The predicted molar refractivity (Wildman–Crippen MR) is 75.4 cm³/mol. The van der Waals surface area contributed by atoms with Crippen molar-refractivity contribution in [3.05, 3.63) is 30.0 Å². The van der Waals surface area contributed by atoms with E-state index in [-0.39, 0.29) is 0 Å². The Balaban J connectivity index is 2.49. The minimum absolute atomic E-state index is 0.381. The van der Waals surface area contributed by atoms with Crippen LogP contribution in [0.3, 0.4) is 0 Å². The van der Waals surface area contributed by atoms with E-state index in [2.05, 4.69) is 4.98 Å². The van der Waals surface area contributed by atoms with E-state index in [1.165, 1.54) is 0 Å². The molecule has 1 atom stereocenters. The van der Waals surface area contributed by atoms with Crippen LogP contribution < -0.4 is 9.47 Å². The summed E-state index contributed by atoms with van der Waals surface area (Å²) in [6.45, 7) is 1.66. The monoisotopic (exact) mass is 275 g/mol. The first-order valence-corrected chi connectivity index (χ1v) is 6.30. The van der Waals surface area contributed by atoms with Gasteiger partial charge in [0.15, 0.2) is 0 Å². The molecule has 2 aromatic rings. The van der Waals surface area contributed by atoms with Gasteiger partial charge >= 0.3 is 5.97 Å². The summed E-state index contributed by atoms with van der Waals surface area (Å²) in [6.07, 6.45) is 0.381. The summed E-state index contributed by atoms with van der Waals surface area (Å²) >= 11 is 0. The number of fused-ring (bicyclic) bond motifs is 1. The van der Waals surface area contributed by atoms with Crippen LogP contribution in [0.1, 0.15) is 12.6 Å². The molecule has 0 bridgehead atoms. The third-order valence-corrected chi connectivity index (χ3v) is 3.21. The van der Waals surface area contributed by atoms with Gasteiger partial charge in [0.25, 0.3) is 0 Å². The Morgan fingerprint density at radius 3 is 2.45 bits per heavy atom. The van der Waals surface area contributed by atoms with Crippen molar-refractivity contribution in [2.45, 2.75) is 13.3 Å². The highest BCUT2D eigenvalue weighted by Crippen LogP contribution is 2.32. The van der Waals surface area contributed by atoms with Gasteiger partial charge in [0.2, 0.25) is 0 Å². The number of ether oxygens (including phenoxy) is 2. The molecule has 5 nitrogen and oxygen atoms in total. The average Bonchev–Trinajstić information content (AvgIpc) is 2.45. The van der Waals surface area contributed by atoms with Crippen LogP contribution in [0.5, 0.6) is 11.5 Å². The molecule has 0 amide bonds. The summed E-state index contributed by atoms with van der Waals surface area (Å²) in [5.41, 5.74) is 1.40. The molecule has 1 N–H and O–H groups in total. The first-order chi connectivity index (χ1) is 9.56. The van der Waals surface area contributed by atoms with Gasteiger partial charge in [-0.25, -0.2) is 4.98 Å². The second-order valence-electron chi connectivity index (χ2n) is 4.61. The van der Waals surface area contributed by atoms with Crippen molar-refractivity contribution in [2.75, 3.05) is 14.2 Å². The predicted octanol–water partition coefficient (Wildman–Crippen LogP) is 2.52. The van der Waals surface area contributed by atoms with E-state index < -0.39 is 11.9 Å². The Morgan fingerprint density at radius 2 is 1.85 bits per heavy atom. The van der Waals surface area contributed by atoms with E-state index in [1.807, 2.05) is 18.2 Å². The number of aromatic nitrogens is 1. The number of carboxylic acid groups (broad SMARTS) is 1. The average molecular weight is 275 g/mol. The lowest BCUT2D eigenvalue weighted by atomic mass is 10.0. The summed E-state index contributed by atoms with van der Waals surface area (Å²) in [5, 5.41) is 9.81. The minimum Gasteiger partial charge on any atom is -0.496 e. The van der Waals surface area contributed by atoms with Gasteiger partial charge in [0.1, 0.15) is 17.0 Å². The molecule has 106 valence electrons. The topological polar surface area (TPSA) is 68.7 Å². The molecular weight excluding hydrogens is 258 g/mol. The van der Waals surface area contributed by atoms with Gasteiger partial charge in [-0.05, 0) is 24.3 Å². The van der Waals surface area contributed by atoms with E-state index in [0.29, 0.717) is 23.4 Å². The van der Waals surface area contributed by atoms with Gasteiger partial charge < -0.3 is 14.6 Å². The molecule has 5 heteroatoms. The van der Waals surface area contributed by atoms with Gasteiger partial charge in [0.05, 0.1) is 20.1 Å². The van der Waals surface area contributed by atoms with E-state index in [1.54, 1.807) is 27.2 Å². The second-order valence-corrected chi connectivity index (χ2v) is 4.61. The molecule has 20 heavy (non-hydrogen) atoms. The van der Waals surface area contributed by atoms with Crippen molar-refractivity contribution in [3.8, 4) is 11.5 Å². The van der Waals surface area contributed by atoms with E-state index in [9.17, 15) is 4.79 Å². The molecule has 0 fully saturated rings. The van der Waals surface area contributed by atoms with Crippen molar-refractivity contribution in [1.29, 1.82) is 0 Å². The molecule has 0 radical (unpaired) electrons. The van der Waals surface area contributed by atoms with Crippen LogP contribution in [0, 0.1) is 5.92 Å². The van der Waals surface area contributed by atoms with Crippen molar-refractivity contribution in [2.24, 2.45) is 5.92 Å². The van der Waals surface area contributed by atoms with Crippen LogP contribution in [0.15, 0.2) is 24.3 Å². The number of carbonyl (C=O) groups is 1. The Hall–Kier alpha value is -2.30.